The van der Waals surface area contributed by atoms with Crippen molar-refractivity contribution in [3.63, 3.8) is 0 Å². The highest BCUT2D eigenvalue weighted by Crippen LogP contribution is 2.31. The minimum absolute atomic E-state index is 0.0102. The van der Waals surface area contributed by atoms with Crippen molar-refractivity contribution in [2.24, 2.45) is 16.0 Å². The minimum atomic E-state index is -3.63. The van der Waals surface area contributed by atoms with Gasteiger partial charge >= 0.3 is 0 Å². The van der Waals surface area contributed by atoms with Gasteiger partial charge in [0.2, 0.25) is 19.4 Å². The molecule has 0 spiro atoms. The summed E-state index contributed by atoms with van der Waals surface area (Å²) >= 11 is 0.787. The molecule has 4 rings (SSSR count). The van der Waals surface area contributed by atoms with E-state index in [2.05, 4.69) is 10.1 Å². The molecule has 0 unspecified atom stereocenters. The molecule has 2 aromatic rings. The molecule has 1 amide bonds. The number of thioether (sulfide) groups is 1. The van der Waals surface area contributed by atoms with Gasteiger partial charge in [-0.2, -0.15) is 10.0 Å². The Morgan fingerprint density at radius 1 is 1.05 bits per heavy atom. The summed E-state index contributed by atoms with van der Waals surface area (Å²) in [5.41, 5.74) is 0.658. The summed E-state index contributed by atoms with van der Waals surface area (Å²) in [6.07, 6.45) is 1.52. The summed E-state index contributed by atoms with van der Waals surface area (Å²) in [4.78, 5) is 16.6. The summed E-state index contributed by atoms with van der Waals surface area (Å²) in [7, 11) is -2.04. The number of carbonyl (C=O) groups excluding carboxylic acids is 1. The molecule has 10 nitrogen and oxygen atoms in total. The van der Waals surface area contributed by atoms with Gasteiger partial charge in [0, 0.05) is 6.07 Å². The molecular formula is C25H26N4O6S2. The molecule has 0 bridgehead atoms. The molecule has 0 fully saturated rings. The molecule has 37 heavy (non-hydrogen) atoms. The largest absolute Gasteiger partial charge is 0.497 e. The van der Waals surface area contributed by atoms with Crippen molar-refractivity contribution in [1.82, 2.24) is 5.01 Å². The van der Waals surface area contributed by atoms with E-state index in [1.54, 1.807) is 51.3 Å². The highest BCUT2D eigenvalue weighted by molar-refractivity contribution is 8.42. The van der Waals surface area contributed by atoms with Crippen LogP contribution in [0.3, 0.4) is 0 Å². The van der Waals surface area contributed by atoms with Crippen molar-refractivity contribution >= 4 is 49.0 Å². The van der Waals surface area contributed by atoms with Crippen LogP contribution >= 0.6 is 11.8 Å². The van der Waals surface area contributed by atoms with Crippen LogP contribution in [0.1, 0.15) is 19.4 Å². The van der Waals surface area contributed by atoms with Gasteiger partial charge in [-0.15, -0.1) is 5.10 Å². The quantitative estimate of drug-likeness (QED) is 0.374. The second kappa shape index (κ2) is 11.2. The van der Waals surface area contributed by atoms with E-state index in [-0.39, 0.29) is 32.6 Å². The first-order valence-electron chi connectivity index (χ1n) is 11.4. The number of hydrogen-bond acceptors (Lipinski definition) is 9. The topological polar surface area (TPSA) is 131 Å². The molecule has 0 saturated heterocycles. The number of nitrogens with zero attached hydrogens (tertiary/aromatic N) is 3. The Bertz CT molecular complexity index is 1400. The SMILES string of the molecule is COc1cccc(OCCOc2ccc(/C=C3\C(=N)N4N=C(S(=O)(=O)CC(C)C)SC4=NC3=O)cc2)c1. The van der Waals surface area contributed by atoms with Crippen molar-refractivity contribution < 1.29 is 27.4 Å². The number of carbonyl (C=O) groups is 1. The number of sulfone groups is 1. The lowest BCUT2D eigenvalue weighted by Gasteiger charge is -2.20. The third kappa shape index (κ3) is 6.38. The third-order valence-electron chi connectivity index (χ3n) is 5.11. The fourth-order valence-corrected chi connectivity index (χ4v) is 6.24. The Hall–Kier alpha value is -3.64. The van der Waals surface area contributed by atoms with Gasteiger partial charge in [0.05, 0.1) is 18.4 Å². The monoisotopic (exact) mass is 542 g/mol. The fraction of sp³-hybridized carbons (Fsp3) is 0.280. The summed E-state index contributed by atoms with van der Waals surface area (Å²) in [5, 5.41) is 13.7. The van der Waals surface area contributed by atoms with Crippen LogP contribution in [0.4, 0.5) is 0 Å². The molecule has 0 radical (unpaired) electrons. The normalized spacial score (nSPS) is 16.5. The minimum Gasteiger partial charge on any atom is -0.497 e. The standard InChI is InChI=1S/C25H26N4O6S2/c1-16(2)15-37(31,32)25-28-29-22(26)21(23(30)27-24(29)36-25)13-17-7-9-18(10-8-17)34-11-12-35-20-6-4-5-19(14-20)33-3/h4-10,13-14,16,26H,11-12,15H2,1-3H3/b21-13+,26-22?. The Kier molecular flexibility index (Phi) is 7.98. The van der Waals surface area contributed by atoms with Crippen LogP contribution in [-0.2, 0) is 14.6 Å². The number of methoxy groups -OCH3 is 1. The van der Waals surface area contributed by atoms with Crippen LogP contribution in [0.5, 0.6) is 17.2 Å². The predicted molar refractivity (Wildman–Crippen MR) is 144 cm³/mol. The van der Waals surface area contributed by atoms with E-state index in [0.717, 1.165) is 16.8 Å². The zero-order chi connectivity index (χ0) is 26.6. The number of amides is 1. The van der Waals surface area contributed by atoms with Gasteiger partial charge in [0.25, 0.3) is 5.91 Å². The van der Waals surface area contributed by atoms with Gasteiger partial charge in [-0.3, -0.25) is 10.2 Å². The van der Waals surface area contributed by atoms with Gasteiger partial charge in [0.15, 0.2) is 5.84 Å². The second-order valence-corrected chi connectivity index (χ2v) is 11.7. The number of amidine groups is 2. The third-order valence-corrected chi connectivity index (χ3v) is 8.54. The van der Waals surface area contributed by atoms with Crippen LogP contribution in [-0.4, -0.2) is 60.8 Å². The van der Waals surface area contributed by atoms with Gasteiger partial charge in [-0.1, -0.05) is 32.0 Å². The van der Waals surface area contributed by atoms with E-state index in [0.29, 0.717) is 36.0 Å². The number of hydrogen-bond donors (Lipinski definition) is 1. The summed E-state index contributed by atoms with van der Waals surface area (Å²) < 4.78 is 41.5. The van der Waals surface area contributed by atoms with Crippen molar-refractivity contribution in [2.45, 2.75) is 13.8 Å². The lowest BCUT2D eigenvalue weighted by molar-refractivity contribution is -0.114. The molecular weight excluding hydrogens is 516 g/mol. The Morgan fingerprint density at radius 2 is 1.73 bits per heavy atom. The van der Waals surface area contributed by atoms with Gasteiger partial charge in [-0.05, 0) is 53.6 Å². The number of fused-ring (bicyclic) bond motifs is 1. The molecule has 0 aliphatic carbocycles. The van der Waals surface area contributed by atoms with Crippen LogP contribution in [0.2, 0.25) is 0 Å². The molecule has 2 aromatic carbocycles. The second-order valence-electron chi connectivity index (χ2n) is 8.51. The number of hydrazone groups is 1. The van der Waals surface area contributed by atoms with Crippen molar-refractivity contribution in [1.29, 1.82) is 5.41 Å². The smallest absolute Gasteiger partial charge is 0.283 e. The molecule has 12 heteroatoms. The number of benzene rings is 2. The van der Waals surface area contributed by atoms with E-state index in [1.165, 1.54) is 6.08 Å². The number of rotatable bonds is 9. The Labute approximate surface area is 219 Å². The first-order chi connectivity index (χ1) is 17.7. The highest BCUT2D eigenvalue weighted by atomic mass is 32.3. The molecule has 1 N–H and O–H groups in total. The van der Waals surface area contributed by atoms with E-state index in [1.807, 2.05) is 18.2 Å². The number of ether oxygens (including phenoxy) is 3. The maximum atomic E-state index is 12.6. The van der Waals surface area contributed by atoms with E-state index in [9.17, 15) is 13.2 Å². The van der Waals surface area contributed by atoms with Crippen molar-refractivity contribution in [2.75, 3.05) is 26.1 Å². The summed E-state index contributed by atoms with van der Waals surface area (Å²) in [6.45, 7) is 4.25. The molecule has 0 atom stereocenters. The Balaban J connectivity index is 1.38. The molecule has 0 aromatic heterocycles. The van der Waals surface area contributed by atoms with Crippen LogP contribution in [0.25, 0.3) is 6.08 Å². The zero-order valence-corrected chi connectivity index (χ0v) is 22.1. The molecule has 2 heterocycles. The lowest BCUT2D eigenvalue weighted by Crippen LogP contribution is -2.35. The van der Waals surface area contributed by atoms with Crippen LogP contribution in [0, 0.1) is 11.3 Å². The predicted octanol–water partition coefficient (Wildman–Crippen LogP) is 3.80. The van der Waals surface area contributed by atoms with Gasteiger partial charge in [0.1, 0.15) is 30.5 Å². The summed E-state index contributed by atoms with van der Waals surface area (Å²) in [6, 6.07) is 14.3. The first-order valence-corrected chi connectivity index (χ1v) is 13.9. The summed E-state index contributed by atoms with van der Waals surface area (Å²) in [5.74, 6) is 0.982. The highest BCUT2D eigenvalue weighted by Gasteiger charge is 2.39. The molecule has 0 saturated carbocycles. The fourth-order valence-electron chi connectivity index (χ4n) is 3.45. The first kappa shape index (κ1) is 26.4. The maximum absolute atomic E-state index is 12.6. The van der Waals surface area contributed by atoms with Crippen molar-refractivity contribution in [3.05, 3.63) is 59.7 Å². The molecule has 2 aliphatic heterocycles. The van der Waals surface area contributed by atoms with Gasteiger partial charge in [-0.25, -0.2) is 8.42 Å². The van der Waals surface area contributed by atoms with E-state index in [4.69, 9.17) is 19.6 Å². The average molecular weight is 543 g/mol. The Morgan fingerprint density at radius 3 is 2.41 bits per heavy atom. The maximum Gasteiger partial charge on any atom is 0.283 e. The molecule has 194 valence electrons. The van der Waals surface area contributed by atoms with Crippen LogP contribution in [0.15, 0.2) is 64.2 Å². The zero-order valence-electron chi connectivity index (χ0n) is 20.5. The number of nitrogens with one attached hydrogen (secondary N) is 1. The lowest BCUT2D eigenvalue weighted by atomic mass is 10.1. The van der Waals surface area contributed by atoms with Crippen LogP contribution < -0.4 is 14.2 Å². The molecule has 2 aliphatic rings. The van der Waals surface area contributed by atoms with Crippen molar-refractivity contribution in [3.8, 4) is 17.2 Å². The van der Waals surface area contributed by atoms with E-state index >= 15 is 0 Å². The van der Waals surface area contributed by atoms with Gasteiger partial charge < -0.3 is 14.2 Å². The average Bonchev–Trinajstić information content (AvgIpc) is 3.30. The number of aliphatic imine (C=N–C) groups is 1. The van der Waals surface area contributed by atoms with E-state index < -0.39 is 15.7 Å².